The molecule has 0 aromatic heterocycles. The van der Waals surface area contributed by atoms with Crippen LogP contribution in [-0.4, -0.2) is 17.0 Å². The van der Waals surface area contributed by atoms with Gasteiger partial charge in [0, 0.05) is 10.7 Å². The second kappa shape index (κ2) is 6.29. The molecule has 84 valence electrons. The Kier molecular flexibility index (Phi) is 5.34. The summed E-state index contributed by atoms with van der Waals surface area (Å²) in [4.78, 5) is 0. The van der Waals surface area contributed by atoms with E-state index in [-0.39, 0.29) is 12.0 Å². The van der Waals surface area contributed by atoms with Gasteiger partial charge in [0.1, 0.15) is 0 Å². The summed E-state index contributed by atoms with van der Waals surface area (Å²) in [5.41, 5.74) is 1.16. The monoisotopic (exact) mass is 270 g/mol. The first-order chi connectivity index (χ1) is 7.23. The Morgan fingerprint density at radius 3 is 2.40 bits per heavy atom. The minimum absolute atomic E-state index is 0.0799. The average Bonchev–Trinajstić information content (AvgIpc) is 2.30. The summed E-state index contributed by atoms with van der Waals surface area (Å²) in [6.07, 6.45) is 3.36. The maximum Gasteiger partial charge on any atom is 0.0525 e. The topological polar surface area (TPSA) is 20.2 Å². The van der Waals surface area contributed by atoms with Crippen molar-refractivity contribution in [3.8, 4) is 0 Å². The summed E-state index contributed by atoms with van der Waals surface area (Å²) in [7, 11) is 0. The zero-order valence-corrected chi connectivity index (χ0v) is 10.8. The van der Waals surface area contributed by atoms with Crippen molar-refractivity contribution in [1.82, 2.24) is 0 Å². The standard InChI is InChI=1S/C13H19BrO/c1-13(11-15,9-5-6-10-14)12-7-3-2-4-8-12/h2-4,7-8,15H,5-6,9-11H2,1H3. The minimum Gasteiger partial charge on any atom is -0.395 e. The highest BCUT2D eigenvalue weighted by Crippen LogP contribution is 2.28. The highest BCUT2D eigenvalue weighted by molar-refractivity contribution is 9.09. The Hall–Kier alpha value is -0.340. The van der Waals surface area contributed by atoms with Gasteiger partial charge in [0.2, 0.25) is 0 Å². The van der Waals surface area contributed by atoms with Crippen molar-refractivity contribution >= 4 is 15.9 Å². The van der Waals surface area contributed by atoms with Gasteiger partial charge in [-0.05, 0) is 18.4 Å². The predicted molar refractivity (Wildman–Crippen MR) is 68.5 cm³/mol. The zero-order valence-electron chi connectivity index (χ0n) is 9.25. The van der Waals surface area contributed by atoms with E-state index >= 15 is 0 Å². The largest absolute Gasteiger partial charge is 0.395 e. The van der Waals surface area contributed by atoms with E-state index in [4.69, 9.17) is 0 Å². The van der Waals surface area contributed by atoms with Crippen LogP contribution in [-0.2, 0) is 5.41 Å². The van der Waals surface area contributed by atoms with Gasteiger partial charge in [0.15, 0.2) is 0 Å². The lowest BCUT2D eigenvalue weighted by Gasteiger charge is -2.27. The van der Waals surface area contributed by atoms with Gasteiger partial charge in [-0.3, -0.25) is 0 Å². The van der Waals surface area contributed by atoms with Gasteiger partial charge < -0.3 is 5.11 Å². The third-order valence-corrected chi connectivity index (χ3v) is 3.49. The van der Waals surface area contributed by atoms with Crippen molar-refractivity contribution < 1.29 is 5.11 Å². The Labute approximate surface area is 101 Å². The molecule has 1 aromatic rings. The summed E-state index contributed by atoms with van der Waals surface area (Å²) >= 11 is 3.43. The number of unbranched alkanes of at least 4 members (excludes halogenated alkanes) is 1. The third-order valence-electron chi connectivity index (χ3n) is 2.93. The van der Waals surface area contributed by atoms with E-state index in [9.17, 15) is 5.11 Å². The van der Waals surface area contributed by atoms with Crippen LogP contribution in [0.5, 0.6) is 0 Å². The van der Waals surface area contributed by atoms with E-state index in [1.807, 2.05) is 18.2 Å². The average molecular weight is 271 g/mol. The van der Waals surface area contributed by atoms with E-state index in [0.29, 0.717) is 0 Å². The Morgan fingerprint density at radius 1 is 1.20 bits per heavy atom. The van der Waals surface area contributed by atoms with Crippen molar-refractivity contribution in [3.63, 3.8) is 0 Å². The normalized spacial score (nSPS) is 14.9. The Morgan fingerprint density at radius 2 is 1.87 bits per heavy atom. The number of alkyl halides is 1. The van der Waals surface area contributed by atoms with Crippen LogP contribution in [0.3, 0.4) is 0 Å². The molecule has 0 saturated heterocycles. The summed E-state index contributed by atoms with van der Waals surface area (Å²) in [6.45, 7) is 2.36. The molecule has 0 fully saturated rings. The van der Waals surface area contributed by atoms with Crippen LogP contribution >= 0.6 is 15.9 Å². The molecule has 0 aliphatic rings. The van der Waals surface area contributed by atoms with Gasteiger partial charge in [0.25, 0.3) is 0 Å². The van der Waals surface area contributed by atoms with Crippen LogP contribution in [0.1, 0.15) is 31.7 Å². The first-order valence-electron chi connectivity index (χ1n) is 5.45. The quantitative estimate of drug-likeness (QED) is 0.620. The minimum atomic E-state index is -0.0799. The maximum absolute atomic E-state index is 9.53. The smallest absolute Gasteiger partial charge is 0.0525 e. The number of benzene rings is 1. The second-order valence-corrected chi connectivity index (χ2v) is 5.02. The summed E-state index contributed by atoms with van der Waals surface area (Å²) in [5, 5.41) is 10.6. The molecule has 1 rings (SSSR count). The fraction of sp³-hybridized carbons (Fsp3) is 0.538. The SMILES string of the molecule is CC(CO)(CCCCBr)c1ccccc1. The number of halogens is 1. The van der Waals surface area contributed by atoms with Gasteiger partial charge in [-0.1, -0.05) is 59.6 Å². The van der Waals surface area contributed by atoms with Gasteiger partial charge in [0.05, 0.1) is 6.61 Å². The zero-order chi connectivity index (χ0) is 11.1. The summed E-state index contributed by atoms with van der Waals surface area (Å²) in [5.74, 6) is 0. The number of aliphatic hydroxyl groups is 1. The van der Waals surface area contributed by atoms with E-state index in [2.05, 4.69) is 35.0 Å². The van der Waals surface area contributed by atoms with Crippen LogP contribution < -0.4 is 0 Å². The number of rotatable bonds is 6. The molecular weight excluding hydrogens is 252 g/mol. The van der Waals surface area contributed by atoms with Gasteiger partial charge >= 0.3 is 0 Å². The Bertz CT molecular complexity index is 273. The molecule has 1 N–H and O–H groups in total. The summed E-state index contributed by atoms with van der Waals surface area (Å²) < 4.78 is 0. The lowest BCUT2D eigenvalue weighted by atomic mass is 9.79. The van der Waals surface area contributed by atoms with Crippen LogP contribution in [0, 0.1) is 0 Å². The van der Waals surface area contributed by atoms with Gasteiger partial charge in [-0.25, -0.2) is 0 Å². The first kappa shape index (κ1) is 12.7. The molecule has 0 bridgehead atoms. The molecular formula is C13H19BrO. The fourth-order valence-corrected chi connectivity index (χ4v) is 2.16. The van der Waals surface area contributed by atoms with E-state index in [0.717, 1.165) is 18.2 Å². The molecule has 0 aliphatic carbocycles. The maximum atomic E-state index is 9.53. The molecule has 0 amide bonds. The molecule has 15 heavy (non-hydrogen) atoms. The van der Waals surface area contributed by atoms with Crippen molar-refractivity contribution in [2.45, 2.75) is 31.6 Å². The lowest BCUT2D eigenvalue weighted by Crippen LogP contribution is -2.26. The third kappa shape index (κ3) is 3.62. The molecule has 0 saturated carbocycles. The first-order valence-corrected chi connectivity index (χ1v) is 6.57. The summed E-state index contributed by atoms with van der Waals surface area (Å²) in [6, 6.07) is 10.3. The van der Waals surface area contributed by atoms with Crippen LogP contribution in [0.2, 0.25) is 0 Å². The van der Waals surface area contributed by atoms with Crippen molar-refractivity contribution in [2.75, 3.05) is 11.9 Å². The van der Waals surface area contributed by atoms with Crippen LogP contribution in [0.4, 0.5) is 0 Å². The van der Waals surface area contributed by atoms with Gasteiger partial charge in [-0.15, -0.1) is 0 Å². The molecule has 0 aliphatic heterocycles. The fourth-order valence-electron chi connectivity index (χ4n) is 1.76. The van der Waals surface area contributed by atoms with Gasteiger partial charge in [-0.2, -0.15) is 0 Å². The van der Waals surface area contributed by atoms with Crippen molar-refractivity contribution in [2.24, 2.45) is 0 Å². The van der Waals surface area contributed by atoms with E-state index < -0.39 is 0 Å². The molecule has 1 unspecified atom stereocenters. The predicted octanol–water partition coefficient (Wildman–Crippen LogP) is 3.50. The molecule has 1 atom stereocenters. The highest BCUT2D eigenvalue weighted by atomic mass is 79.9. The molecule has 0 heterocycles. The molecule has 0 radical (unpaired) electrons. The molecule has 1 aromatic carbocycles. The van der Waals surface area contributed by atoms with Crippen LogP contribution in [0.15, 0.2) is 30.3 Å². The lowest BCUT2D eigenvalue weighted by molar-refractivity contribution is 0.194. The second-order valence-electron chi connectivity index (χ2n) is 4.23. The van der Waals surface area contributed by atoms with E-state index in [1.54, 1.807) is 0 Å². The molecule has 0 spiro atoms. The highest BCUT2D eigenvalue weighted by Gasteiger charge is 2.24. The number of hydrogen-bond acceptors (Lipinski definition) is 1. The van der Waals surface area contributed by atoms with Crippen molar-refractivity contribution in [3.05, 3.63) is 35.9 Å². The van der Waals surface area contributed by atoms with E-state index in [1.165, 1.54) is 12.0 Å². The molecule has 1 nitrogen and oxygen atoms in total. The molecule has 2 heteroatoms. The Balaban J connectivity index is 2.67. The van der Waals surface area contributed by atoms with Crippen LogP contribution in [0.25, 0.3) is 0 Å². The van der Waals surface area contributed by atoms with Crippen molar-refractivity contribution in [1.29, 1.82) is 0 Å². The number of aliphatic hydroxyl groups excluding tert-OH is 1. The number of hydrogen-bond donors (Lipinski definition) is 1.